The van der Waals surface area contributed by atoms with Gasteiger partial charge in [0.25, 0.3) is 0 Å². The number of nitrogens with zero attached hydrogens (tertiary/aromatic N) is 1. The van der Waals surface area contributed by atoms with Gasteiger partial charge in [0.15, 0.2) is 0 Å². The van der Waals surface area contributed by atoms with Crippen LogP contribution >= 0.6 is 23.2 Å². The minimum atomic E-state index is 0.801. The normalized spacial score (nSPS) is 15.1. The Bertz CT molecular complexity index is 592. The molecule has 3 heteroatoms. The molecule has 104 valence electrons. The molecule has 0 spiro atoms. The smallest absolute Gasteiger partial charge is 0.0441 e. The van der Waals surface area contributed by atoms with Crippen molar-refractivity contribution < 1.29 is 0 Å². The molecule has 1 aliphatic rings. The van der Waals surface area contributed by atoms with Crippen LogP contribution in [0, 0.1) is 0 Å². The predicted molar refractivity (Wildman–Crippen MR) is 85.6 cm³/mol. The van der Waals surface area contributed by atoms with Gasteiger partial charge in [-0.25, -0.2) is 0 Å². The zero-order valence-corrected chi connectivity index (χ0v) is 12.8. The van der Waals surface area contributed by atoms with Gasteiger partial charge in [0.05, 0.1) is 0 Å². The number of benzene rings is 2. The number of rotatable bonds is 3. The van der Waals surface area contributed by atoms with E-state index in [9.17, 15) is 0 Å². The van der Waals surface area contributed by atoms with Crippen molar-refractivity contribution in [1.29, 1.82) is 0 Å². The van der Waals surface area contributed by atoms with E-state index in [2.05, 4.69) is 23.1 Å². The average Bonchev–Trinajstić information content (AvgIpc) is 2.47. The fourth-order valence-electron chi connectivity index (χ4n) is 2.75. The van der Waals surface area contributed by atoms with Gasteiger partial charge < -0.3 is 0 Å². The minimum absolute atomic E-state index is 0.801. The van der Waals surface area contributed by atoms with Crippen molar-refractivity contribution in [1.82, 2.24) is 4.90 Å². The molecule has 2 aromatic rings. The Balaban J connectivity index is 1.62. The Morgan fingerprint density at radius 1 is 1.00 bits per heavy atom. The highest BCUT2D eigenvalue weighted by molar-refractivity contribution is 6.31. The first-order valence-electron chi connectivity index (χ1n) is 6.95. The van der Waals surface area contributed by atoms with E-state index in [1.165, 1.54) is 16.7 Å². The molecule has 1 nitrogen and oxygen atoms in total. The number of halogens is 2. The van der Waals surface area contributed by atoms with Gasteiger partial charge in [-0.15, -0.1) is 0 Å². The molecule has 1 aliphatic heterocycles. The second-order valence-electron chi connectivity index (χ2n) is 5.28. The zero-order chi connectivity index (χ0) is 13.9. The van der Waals surface area contributed by atoms with Crippen molar-refractivity contribution in [2.75, 3.05) is 13.1 Å². The van der Waals surface area contributed by atoms with E-state index in [0.29, 0.717) is 0 Å². The van der Waals surface area contributed by atoms with Gasteiger partial charge in [0, 0.05) is 29.7 Å². The number of hydrogen-bond acceptors (Lipinski definition) is 1. The van der Waals surface area contributed by atoms with Crippen LogP contribution in [0.3, 0.4) is 0 Å². The van der Waals surface area contributed by atoms with Gasteiger partial charge in [-0.05, 0) is 47.7 Å². The lowest BCUT2D eigenvalue weighted by molar-refractivity contribution is 0.257. The molecule has 0 aliphatic carbocycles. The van der Waals surface area contributed by atoms with Crippen molar-refractivity contribution in [2.24, 2.45) is 0 Å². The molecule has 0 N–H and O–H groups in total. The highest BCUT2D eigenvalue weighted by Crippen LogP contribution is 2.26. The summed E-state index contributed by atoms with van der Waals surface area (Å²) in [6, 6.07) is 14.4. The van der Waals surface area contributed by atoms with E-state index in [1.807, 2.05) is 24.3 Å². The molecule has 0 saturated carbocycles. The Hall–Kier alpha value is -1.02. The molecule has 0 atom stereocenters. The maximum Gasteiger partial charge on any atom is 0.0441 e. The molecular formula is C17H17Cl2N. The first kappa shape index (κ1) is 13.9. The molecule has 0 fully saturated rings. The van der Waals surface area contributed by atoms with Gasteiger partial charge in [-0.1, -0.05) is 47.5 Å². The summed E-state index contributed by atoms with van der Waals surface area (Å²) >= 11 is 12.2. The first-order chi connectivity index (χ1) is 9.72. The van der Waals surface area contributed by atoms with Gasteiger partial charge in [0.1, 0.15) is 0 Å². The first-order valence-corrected chi connectivity index (χ1v) is 7.71. The number of hydrogen-bond donors (Lipinski definition) is 0. The highest BCUT2D eigenvalue weighted by atomic mass is 35.5. The molecule has 2 aromatic carbocycles. The molecule has 0 aromatic heterocycles. The molecule has 0 saturated heterocycles. The van der Waals surface area contributed by atoms with Crippen LogP contribution in [-0.2, 0) is 19.4 Å². The molecule has 0 unspecified atom stereocenters. The molecule has 0 radical (unpaired) electrons. The van der Waals surface area contributed by atoms with Crippen LogP contribution in [0.5, 0.6) is 0 Å². The Morgan fingerprint density at radius 3 is 2.60 bits per heavy atom. The van der Waals surface area contributed by atoms with Crippen molar-refractivity contribution in [3.8, 4) is 0 Å². The highest BCUT2D eigenvalue weighted by Gasteiger charge is 2.17. The van der Waals surface area contributed by atoms with E-state index in [1.54, 1.807) is 0 Å². The lowest BCUT2D eigenvalue weighted by atomic mass is 9.99. The fourth-order valence-corrected chi connectivity index (χ4v) is 3.17. The van der Waals surface area contributed by atoms with E-state index in [4.69, 9.17) is 23.2 Å². The maximum atomic E-state index is 6.25. The van der Waals surface area contributed by atoms with Gasteiger partial charge in [0.2, 0.25) is 0 Å². The lowest BCUT2D eigenvalue weighted by Gasteiger charge is -2.29. The Kier molecular flexibility index (Phi) is 4.30. The van der Waals surface area contributed by atoms with Crippen molar-refractivity contribution in [3.05, 3.63) is 69.2 Å². The second-order valence-corrected chi connectivity index (χ2v) is 6.12. The van der Waals surface area contributed by atoms with Crippen LogP contribution in [-0.4, -0.2) is 18.0 Å². The lowest BCUT2D eigenvalue weighted by Crippen LogP contribution is -2.32. The number of fused-ring (bicyclic) bond motifs is 1. The summed E-state index contributed by atoms with van der Waals surface area (Å²) in [5.41, 5.74) is 4.04. The summed E-state index contributed by atoms with van der Waals surface area (Å²) in [4.78, 5) is 2.49. The average molecular weight is 306 g/mol. The standard InChI is InChI=1S/C17H17Cl2N/c18-15-6-4-13(5-7-15)8-10-20-11-9-16-14(12-20)2-1-3-17(16)19/h1-7H,8-12H2. The third kappa shape index (κ3) is 3.17. The summed E-state index contributed by atoms with van der Waals surface area (Å²) in [6.45, 7) is 3.17. The summed E-state index contributed by atoms with van der Waals surface area (Å²) < 4.78 is 0. The topological polar surface area (TPSA) is 3.24 Å². The zero-order valence-electron chi connectivity index (χ0n) is 11.3. The van der Waals surface area contributed by atoms with Gasteiger partial charge >= 0.3 is 0 Å². The molecule has 20 heavy (non-hydrogen) atoms. The SMILES string of the molecule is Clc1ccc(CCN2CCc3c(Cl)cccc3C2)cc1. The van der Waals surface area contributed by atoms with E-state index in [-0.39, 0.29) is 0 Å². The quantitative estimate of drug-likeness (QED) is 0.801. The van der Waals surface area contributed by atoms with Crippen LogP contribution in [0.25, 0.3) is 0 Å². The van der Waals surface area contributed by atoms with Crippen molar-refractivity contribution >= 4 is 23.2 Å². The van der Waals surface area contributed by atoms with E-state index in [0.717, 1.165) is 42.5 Å². The Morgan fingerprint density at radius 2 is 1.80 bits per heavy atom. The third-order valence-corrected chi connectivity index (χ3v) is 4.52. The minimum Gasteiger partial charge on any atom is -0.298 e. The monoisotopic (exact) mass is 305 g/mol. The summed E-state index contributed by atoms with van der Waals surface area (Å²) in [5, 5.41) is 1.72. The summed E-state index contributed by atoms with van der Waals surface area (Å²) in [6.07, 6.45) is 2.11. The van der Waals surface area contributed by atoms with E-state index < -0.39 is 0 Å². The van der Waals surface area contributed by atoms with Crippen molar-refractivity contribution in [2.45, 2.75) is 19.4 Å². The predicted octanol–water partition coefficient (Wildman–Crippen LogP) is 4.59. The van der Waals surface area contributed by atoms with Crippen LogP contribution in [0.1, 0.15) is 16.7 Å². The summed E-state index contributed by atoms with van der Waals surface area (Å²) in [7, 11) is 0. The second kappa shape index (κ2) is 6.17. The molecule has 0 amide bonds. The molecule has 3 rings (SSSR count). The van der Waals surface area contributed by atoms with Gasteiger partial charge in [-0.2, -0.15) is 0 Å². The fraction of sp³-hybridized carbons (Fsp3) is 0.294. The van der Waals surface area contributed by atoms with Gasteiger partial charge in [-0.3, -0.25) is 4.90 Å². The van der Waals surface area contributed by atoms with E-state index >= 15 is 0 Å². The van der Waals surface area contributed by atoms with Crippen LogP contribution in [0.4, 0.5) is 0 Å². The van der Waals surface area contributed by atoms with Crippen LogP contribution in [0.2, 0.25) is 10.0 Å². The maximum absolute atomic E-state index is 6.25. The third-order valence-electron chi connectivity index (χ3n) is 3.92. The Labute approximate surface area is 130 Å². The molecule has 1 heterocycles. The van der Waals surface area contributed by atoms with Crippen LogP contribution < -0.4 is 0 Å². The van der Waals surface area contributed by atoms with Crippen molar-refractivity contribution in [3.63, 3.8) is 0 Å². The summed E-state index contributed by atoms with van der Waals surface area (Å²) in [5.74, 6) is 0. The molecule has 0 bridgehead atoms. The van der Waals surface area contributed by atoms with Crippen LogP contribution in [0.15, 0.2) is 42.5 Å². The largest absolute Gasteiger partial charge is 0.298 e. The molecular weight excluding hydrogens is 289 g/mol.